The van der Waals surface area contributed by atoms with Crippen LogP contribution < -0.4 is 5.32 Å². The molecule has 0 fully saturated rings. The first kappa shape index (κ1) is 12.7. The molecular formula is C12H10ClF2N3. The molecule has 18 heavy (non-hydrogen) atoms. The lowest BCUT2D eigenvalue weighted by atomic mass is 10.2. The monoisotopic (exact) mass is 269 g/mol. The Morgan fingerprint density at radius 2 is 2.06 bits per heavy atom. The van der Waals surface area contributed by atoms with Gasteiger partial charge in [-0.1, -0.05) is 18.5 Å². The quantitative estimate of drug-likeness (QED) is 0.863. The zero-order valence-corrected chi connectivity index (χ0v) is 10.3. The van der Waals surface area contributed by atoms with Crippen LogP contribution in [0.15, 0.2) is 24.5 Å². The van der Waals surface area contributed by atoms with Crippen molar-refractivity contribution >= 4 is 23.1 Å². The van der Waals surface area contributed by atoms with Crippen LogP contribution in [-0.2, 0) is 6.42 Å². The molecule has 0 unspecified atom stereocenters. The van der Waals surface area contributed by atoms with E-state index < -0.39 is 11.6 Å². The van der Waals surface area contributed by atoms with Crippen LogP contribution in [0.1, 0.15) is 12.5 Å². The molecule has 94 valence electrons. The fourth-order valence-electron chi connectivity index (χ4n) is 1.53. The molecule has 0 bridgehead atoms. The SMILES string of the molecule is CCc1c(Cl)ncnc1Nc1cc(F)ccc1F. The summed E-state index contributed by atoms with van der Waals surface area (Å²) in [7, 11) is 0. The normalized spacial score (nSPS) is 10.4. The maximum absolute atomic E-state index is 13.5. The van der Waals surface area contributed by atoms with Gasteiger partial charge in [0.05, 0.1) is 5.69 Å². The van der Waals surface area contributed by atoms with Crippen LogP contribution in [0.2, 0.25) is 5.15 Å². The Morgan fingerprint density at radius 1 is 1.28 bits per heavy atom. The summed E-state index contributed by atoms with van der Waals surface area (Å²) >= 11 is 5.91. The van der Waals surface area contributed by atoms with Crippen LogP contribution in [0, 0.1) is 11.6 Å². The van der Waals surface area contributed by atoms with E-state index >= 15 is 0 Å². The van der Waals surface area contributed by atoms with Gasteiger partial charge in [-0.25, -0.2) is 18.7 Å². The van der Waals surface area contributed by atoms with Gasteiger partial charge in [0.25, 0.3) is 0 Å². The summed E-state index contributed by atoms with van der Waals surface area (Å²) in [5.74, 6) is -0.715. The van der Waals surface area contributed by atoms with Crippen molar-refractivity contribution in [3.63, 3.8) is 0 Å². The van der Waals surface area contributed by atoms with Gasteiger partial charge in [0.15, 0.2) is 0 Å². The van der Waals surface area contributed by atoms with Crippen molar-refractivity contribution in [2.45, 2.75) is 13.3 Å². The molecule has 3 nitrogen and oxygen atoms in total. The minimum atomic E-state index is -0.562. The minimum absolute atomic E-state index is 0.0134. The molecule has 0 saturated heterocycles. The Labute approximate surface area is 108 Å². The van der Waals surface area contributed by atoms with Gasteiger partial charge in [-0.3, -0.25) is 0 Å². The summed E-state index contributed by atoms with van der Waals surface area (Å²) in [6.07, 6.45) is 1.85. The molecule has 1 aromatic carbocycles. The van der Waals surface area contributed by atoms with Gasteiger partial charge in [0.1, 0.15) is 28.9 Å². The highest BCUT2D eigenvalue weighted by Gasteiger charge is 2.10. The van der Waals surface area contributed by atoms with Crippen molar-refractivity contribution in [2.75, 3.05) is 5.32 Å². The van der Waals surface area contributed by atoms with E-state index in [9.17, 15) is 8.78 Å². The summed E-state index contributed by atoms with van der Waals surface area (Å²) in [4.78, 5) is 7.82. The third kappa shape index (κ3) is 2.56. The van der Waals surface area contributed by atoms with Crippen LogP contribution in [0.4, 0.5) is 20.3 Å². The zero-order chi connectivity index (χ0) is 13.1. The maximum atomic E-state index is 13.5. The number of anilines is 2. The number of nitrogens with zero attached hydrogens (tertiary/aromatic N) is 2. The van der Waals surface area contributed by atoms with Crippen LogP contribution in [0.5, 0.6) is 0 Å². The van der Waals surface area contributed by atoms with E-state index in [4.69, 9.17) is 11.6 Å². The largest absolute Gasteiger partial charge is 0.337 e. The summed E-state index contributed by atoms with van der Waals surface area (Å²) in [5.41, 5.74) is 0.669. The van der Waals surface area contributed by atoms with E-state index in [0.29, 0.717) is 23.0 Å². The van der Waals surface area contributed by atoms with Crippen molar-refractivity contribution in [1.82, 2.24) is 9.97 Å². The lowest BCUT2D eigenvalue weighted by molar-refractivity contribution is 0.603. The average molecular weight is 270 g/mol. The first-order valence-electron chi connectivity index (χ1n) is 5.33. The van der Waals surface area contributed by atoms with Gasteiger partial charge in [0.2, 0.25) is 0 Å². The number of aromatic nitrogens is 2. The Bertz CT molecular complexity index is 575. The molecule has 0 amide bonds. The van der Waals surface area contributed by atoms with Crippen molar-refractivity contribution in [1.29, 1.82) is 0 Å². The van der Waals surface area contributed by atoms with Crippen molar-refractivity contribution < 1.29 is 8.78 Å². The summed E-state index contributed by atoms with van der Waals surface area (Å²) in [6.45, 7) is 1.87. The lowest BCUT2D eigenvalue weighted by Crippen LogP contribution is -2.02. The highest BCUT2D eigenvalue weighted by atomic mass is 35.5. The summed E-state index contributed by atoms with van der Waals surface area (Å²) in [5, 5.41) is 3.02. The van der Waals surface area contributed by atoms with E-state index in [1.165, 1.54) is 6.33 Å². The number of hydrogen-bond donors (Lipinski definition) is 1. The number of halogens is 3. The first-order chi connectivity index (χ1) is 8.61. The van der Waals surface area contributed by atoms with Crippen LogP contribution in [0.3, 0.4) is 0 Å². The molecular weight excluding hydrogens is 260 g/mol. The highest BCUT2D eigenvalue weighted by molar-refractivity contribution is 6.30. The van der Waals surface area contributed by atoms with E-state index in [-0.39, 0.29) is 5.69 Å². The molecule has 0 aliphatic rings. The van der Waals surface area contributed by atoms with Crippen molar-refractivity contribution in [2.24, 2.45) is 0 Å². The number of rotatable bonds is 3. The predicted octanol–water partition coefficient (Wildman–Crippen LogP) is 3.71. The topological polar surface area (TPSA) is 37.8 Å². The maximum Gasteiger partial charge on any atom is 0.146 e. The molecule has 0 aliphatic heterocycles. The number of hydrogen-bond acceptors (Lipinski definition) is 3. The Morgan fingerprint density at radius 3 is 2.78 bits per heavy atom. The van der Waals surface area contributed by atoms with E-state index in [1.807, 2.05) is 6.92 Å². The fourth-order valence-corrected chi connectivity index (χ4v) is 1.80. The van der Waals surface area contributed by atoms with Crippen LogP contribution in [-0.4, -0.2) is 9.97 Å². The van der Waals surface area contributed by atoms with Gasteiger partial charge in [-0.2, -0.15) is 0 Å². The van der Waals surface area contributed by atoms with Gasteiger partial charge in [0, 0.05) is 11.6 Å². The molecule has 0 aliphatic carbocycles. The Kier molecular flexibility index (Phi) is 3.72. The molecule has 1 aromatic heterocycles. The third-order valence-corrected chi connectivity index (χ3v) is 2.75. The number of nitrogens with one attached hydrogen (secondary N) is 1. The van der Waals surface area contributed by atoms with Gasteiger partial charge in [-0.05, 0) is 18.6 Å². The van der Waals surface area contributed by atoms with Gasteiger partial charge >= 0.3 is 0 Å². The van der Waals surface area contributed by atoms with Crippen molar-refractivity contribution in [3.8, 4) is 0 Å². The molecule has 1 heterocycles. The molecule has 1 N–H and O–H groups in total. The summed E-state index contributed by atoms with van der Waals surface area (Å²) < 4.78 is 26.5. The van der Waals surface area contributed by atoms with E-state index in [1.54, 1.807) is 0 Å². The lowest BCUT2D eigenvalue weighted by Gasteiger charge is -2.11. The third-order valence-electron chi connectivity index (χ3n) is 2.43. The molecule has 0 spiro atoms. The predicted molar refractivity (Wildman–Crippen MR) is 66.1 cm³/mol. The van der Waals surface area contributed by atoms with E-state index in [2.05, 4.69) is 15.3 Å². The first-order valence-corrected chi connectivity index (χ1v) is 5.71. The Hall–Kier alpha value is -1.75. The second kappa shape index (κ2) is 5.27. The van der Waals surface area contributed by atoms with Crippen molar-refractivity contribution in [3.05, 3.63) is 46.9 Å². The zero-order valence-electron chi connectivity index (χ0n) is 9.54. The summed E-state index contributed by atoms with van der Waals surface area (Å²) in [6, 6.07) is 3.16. The van der Waals surface area contributed by atoms with E-state index in [0.717, 1.165) is 18.2 Å². The standard InChI is InChI=1S/C12H10ClF2N3/c1-2-8-11(13)16-6-17-12(8)18-10-5-7(14)3-4-9(10)15/h3-6H,2H2,1H3,(H,16,17,18). The highest BCUT2D eigenvalue weighted by Crippen LogP contribution is 2.25. The fraction of sp³-hybridized carbons (Fsp3) is 0.167. The average Bonchev–Trinajstić information content (AvgIpc) is 2.34. The second-order valence-corrected chi connectivity index (χ2v) is 3.95. The smallest absolute Gasteiger partial charge is 0.146 e. The Balaban J connectivity index is 2.40. The second-order valence-electron chi connectivity index (χ2n) is 3.59. The molecule has 0 atom stereocenters. The molecule has 2 rings (SSSR count). The number of benzene rings is 1. The molecule has 0 radical (unpaired) electrons. The van der Waals surface area contributed by atoms with Crippen LogP contribution >= 0.6 is 11.6 Å². The minimum Gasteiger partial charge on any atom is -0.337 e. The van der Waals surface area contributed by atoms with Gasteiger partial charge in [-0.15, -0.1) is 0 Å². The molecule has 0 saturated carbocycles. The molecule has 2 aromatic rings. The van der Waals surface area contributed by atoms with Gasteiger partial charge < -0.3 is 5.32 Å². The van der Waals surface area contributed by atoms with Crippen LogP contribution in [0.25, 0.3) is 0 Å². The molecule has 6 heteroatoms.